The molecular weight excluding hydrogens is 384 g/mol. The molecule has 3 aliphatic rings. The van der Waals surface area contributed by atoms with E-state index in [9.17, 15) is 15.3 Å². The molecule has 7 atom stereocenters. The van der Waals surface area contributed by atoms with Crippen LogP contribution in [0.1, 0.15) is 79.6 Å². The summed E-state index contributed by atoms with van der Waals surface area (Å²) in [4.78, 5) is 0. The monoisotopic (exact) mass is 428 g/mol. The van der Waals surface area contributed by atoms with Gasteiger partial charge < -0.3 is 15.3 Å². The standard InChI is InChI=1S/C28H44O3/c1-18(9-10-19(2)27(4,5)31)23-13-14-24-22(8-7-15-28(23,24)6)12-11-21-16-25(29)20(3)26(30)17-21/h9-12,18-19,23-26,29-31H,3,7-8,13-17H2,1-2,4-6H3/t18-,19+,23?,24?,25-,26-,28-/m1/s1. The molecule has 3 nitrogen and oxygen atoms in total. The van der Waals surface area contributed by atoms with Crippen molar-refractivity contribution in [1.29, 1.82) is 0 Å². The lowest BCUT2D eigenvalue weighted by Gasteiger charge is -2.44. The average Bonchev–Trinajstić information content (AvgIpc) is 3.05. The van der Waals surface area contributed by atoms with Gasteiger partial charge in [0.2, 0.25) is 0 Å². The highest BCUT2D eigenvalue weighted by Gasteiger charge is 2.50. The van der Waals surface area contributed by atoms with E-state index < -0.39 is 17.8 Å². The molecule has 2 unspecified atom stereocenters. The Kier molecular flexibility index (Phi) is 7.40. The van der Waals surface area contributed by atoms with Gasteiger partial charge in [0, 0.05) is 5.92 Å². The van der Waals surface area contributed by atoms with Gasteiger partial charge in [-0.25, -0.2) is 0 Å². The second-order valence-electron chi connectivity index (χ2n) is 11.4. The van der Waals surface area contributed by atoms with Crippen LogP contribution in [0.4, 0.5) is 0 Å². The number of hydrogen-bond donors (Lipinski definition) is 3. The maximum atomic E-state index is 10.3. The van der Waals surface area contributed by atoms with Crippen LogP contribution in [0.3, 0.4) is 0 Å². The van der Waals surface area contributed by atoms with E-state index >= 15 is 0 Å². The van der Waals surface area contributed by atoms with Gasteiger partial charge >= 0.3 is 0 Å². The van der Waals surface area contributed by atoms with E-state index in [1.165, 1.54) is 25.7 Å². The first-order chi connectivity index (χ1) is 14.4. The Morgan fingerprint density at radius 2 is 1.71 bits per heavy atom. The van der Waals surface area contributed by atoms with E-state index in [4.69, 9.17) is 0 Å². The molecular formula is C28H44O3. The maximum absolute atomic E-state index is 10.3. The van der Waals surface area contributed by atoms with Crippen molar-refractivity contribution in [3.8, 4) is 0 Å². The lowest BCUT2D eigenvalue weighted by Crippen LogP contribution is -2.35. The number of rotatable bonds is 5. The third-order valence-electron chi connectivity index (χ3n) is 8.79. The molecule has 0 radical (unpaired) electrons. The quantitative estimate of drug-likeness (QED) is 0.490. The highest BCUT2D eigenvalue weighted by Crippen LogP contribution is 2.59. The largest absolute Gasteiger partial charge is 0.390 e. The number of fused-ring (bicyclic) bond motifs is 1. The molecule has 0 heterocycles. The van der Waals surface area contributed by atoms with Crippen LogP contribution in [0.2, 0.25) is 0 Å². The first kappa shape index (κ1) is 24.5. The molecule has 0 aromatic carbocycles. The molecule has 31 heavy (non-hydrogen) atoms. The third kappa shape index (κ3) is 5.26. The van der Waals surface area contributed by atoms with Gasteiger partial charge in [-0.2, -0.15) is 0 Å². The van der Waals surface area contributed by atoms with Gasteiger partial charge in [-0.15, -0.1) is 0 Å². The molecule has 0 aliphatic heterocycles. The molecule has 174 valence electrons. The lowest BCUT2D eigenvalue weighted by atomic mass is 9.61. The van der Waals surface area contributed by atoms with Crippen molar-refractivity contribution in [1.82, 2.24) is 0 Å². The SMILES string of the molecule is C=C1[C@H](O)CC(=CC=C2CCC[C@@]3(C)C2CCC3[C@H](C)C=C[C@H](C)C(C)(C)O)C[C@H]1O. The Bertz CT molecular complexity index is 737. The Balaban J connectivity index is 1.73. The fourth-order valence-electron chi connectivity index (χ4n) is 6.28. The van der Waals surface area contributed by atoms with E-state index in [1.807, 2.05) is 13.8 Å². The first-order valence-electron chi connectivity index (χ1n) is 12.3. The molecule has 3 heteroatoms. The van der Waals surface area contributed by atoms with Crippen molar-refractivity contribution < 1.29 is 15.3 Å². The molecule has 3 rings (SSSR count). The smallest absolute Gasteiger partial charge is 0.0809 e. The van der Waals surface area contributed by atoms with Crippen molar-refractivity contribution in [3.05, 3.63) is 47.6 Å². The van der Waals surface area contributed by atoms with Gasteiger partial charge in [-0.3, -0.25) is 0 Å². The summed E-state index contributed by atoms with van der Waals surface area (Å²) in [5.74, 6) is 1.94. The molecule has 0 spiro atoms. The first-order valence-corrected chi connectivity index (χ1v) is 12.3. The van der Waals surface area contributed by atoms with E-state index in [-0.39, 0.29) is 5.92 Å². The summed E-state index contributed by atoms with van der Waals surface area (Å²) in [6, 6.07) is 0. The average molecular weight is 429 g/mol. The van der Waals surface area contributed by atoms with E-state index in [0.717, 1.165) is 12.0 Å². The zero-order chi connectivity index (χ0) is 23.0. The van der Waals surface area contributed by atoms with E-state index in [1.54, 1.807) is 5.57 Å². The number of hydrogen-bond acceptors (Lipinski definition) is 3. The highest BCUT2D eigenvalue weighted by molar-refractivity contribution is 5.29. The van der Waals surface area contributed by atoms with Gasteiger partial charge in [0.15, 0.2) is 0 Å². The predicted molar refractivity (Wildman–Crippen MR) is 128 cm³/mol. The minimum absolute atomic E-state index is 0.144. The molecule has 0 amide bonds. The van der Waals surface area contributed by atoms with Crippen LogP contribution in [-0.2, 0) is 0 Å². The maximum Gasteiger partial charge on any atom is 0.0809 e. The van der Waals surface area contributed by atoms with Crippen molar-refractivity contribution in [2.24, 2.45) is 29.1 Å². The van der Waals surface area contributed by atoms with Crippen molar-refractivity contribution in [2.45, 2.75) is 97.4 Å². The summed E-state index contributed by atoms with van der Waals surface area (Å²) in [5, 5.41) is 30.5. The van der Waals surface area contributed by atoms with Gasteiger partial charge in [-0.05, 0) is 87.5 Å². The number of allylic oxidation sites excluding steroid dienone is 4. The summed E-state index contributed by atoms with van der Waals surface area (Å²) < 4.78 is 0. The summed E-state index contributed by atoms with van der Waals surface area (Å²) in [6.45, 7) is 14.5. The molecule has 3 aliphatic carbocycles. The van der Waals surface area contributed by atoms with Crippen LogP contribution in [0.5, 0.6) is 0 Å². The predicted octanol–water partition coefficient (Wildman–Crippen LogP) is 5.73. The topological polar surface area (TPSA) is 60.7 Å². The van der Waals surface area contributed by atoms with E-state index in [0.29, 0.717) is 41.6 Å². The molecule has 0 aromatic rings. The van der Waals surface area contributed by atoms with Crippen LogP contribution < -0.4 is 0 Å². The second-order valence-corrected chi connectivity index (χ2v) is 11.4. The molecule has 0 aromatic heterocycles. The number of aliphatic hydroxyl groups is 3. The van der Waals surface area contributed by atoms with Crippen LogP contribution in [0.25, 0.3) is 0 Å². The summed E-state index contributed by atoms with van der Waals surface area (Å²) >= 11 is 0. The Morgan fingerprint density at radius 1 is 1.06 bits per heavy atom. The van der Waals surface area contributed by atoms with Gasteiger partial charge in [0.25, 0.3) is 0 Å². The molecule has 0 saturated heterocycles. The second kappa shape index (κ2) is 9.37. The molecule has 3 fully saturated rings. The van der Waals surface area contributed by atoms with Crippen LogP contribution >= 0.6 is 0 Å². The Hall–Kier alpha value is -1.16. The highest BCUT2D eigenvalue weighted by atomic mass is 16.3. The number of aliphatic hydroxyl groups excluding tert-OH is 2. The fraction of sp³-hybridized carbons (Fsp3) is 0.714. The van der Waals surface area contributed by atoms with Gasteiger partial charge in [0.1, 0.15) is 0 Å². The normalized spacial score (nSPS) is 37.9. The summed E-state index contributed by atoms with van der Waals surface area (Å²) in [5.41, 5.74) is 2.87. The fourth-order valence-corrected chi connectivity index (χ4v) is 6.28. The molecule has 3 N–H and O–H groups in total. The van der Waals surface area contributed by atoms with E-state index in [2.05, 4.69) is 51.7 Å². The minimum Gasteiger partial charge on any atom is -0.390 e. The van der Waals surface area contributed by atoms with Crippen LogP contribution in [0.15, 0.2) is 47.6 Å². The van der Waals surface area contributed by atoms with Crippen LogP contribution in [0, 0.1) is 29.1 Å². The van der Waals surface area contributed by atoms with Gasteiger partial charge in [0.05, 0.1) is 17.8 Å². The van der Waals surface area contributed by atoms with Crippen molar-refractivity contribution >= 4 is 0 Å². The molecule has 0 bridgehead atoms. The van der Waals surface area contributed by atoms with Crippen molar-refractivity contribution in [3.63, 3.8) is 0 Å². The van der Waals surface area contributed by atoms with Crippen molar-refractivity contribution in [2.75, 3.05) is 0 Å². The summed E-state index contributed by atoms with van der Waals surface area (Å²) in [7, 11) is 0. The molecule has 3 saturated carbocycles. The Labute approximate surface area is 189 Å². The summed E-state index contributed by atoms with van der Waals surface area (Å²) in [6.07, 6.45) is 15.1. The minimum atomic E-state index is -0.681. The zero-order valence-corrected chi connectivity index (χ0v) is 20.3. The van der Waals surface area contributed by atoms with Gasteiger partial charge in [-0.1, -0.05) is 62.8 Å². The Morgan fingerprint density at radius 3 is 2.32 bits per heavy atom. The van der Waals surface area contributed by atoms with Crippen LogP contribution in [-0.4, -0.2) is 33.1 Å². The third-order valence-corrected chi connectivity index (χ3v) is 8.79. The lowest BCUT2D eigenvalue weighted by molar-refractivity contribution is 0.0436. The zero-order valence-electron chi connectivity index (χ0n) is 20.3.